The summed E-state index contributed by atoms with van der Waals surface area (Å²) in [6.45, 7) is 2.31. The number of aliphatic hydroxyl groups excluding tert-OH is 1. The lowest BCUT2D eigenvalue weighted by atomic mass is 10.1. The van der Waals surface area contributed by atoms with Gasteiger partial charge in [-0.3, -0.25) is 0 Å². The smallest absolute Gasteiger partial charge is 0.337 e. The highest BCUT2D eigenvalue weighted by molar-refractivity contribution is 5.94. The molecule has 1 rings (SSSR count). The van der Waals surface area contributed by atoms with Gasteiger partial charge in [-0.05, 0) is 31.0 Å². The van der Waals surface area contributed by atoms with E-state index in [-0.39, 0.29) is 5.56 Å². The molecular formula is C12H16FNO3. The summed E-state index contributed by atoms with van der Waals surface area (Å²) in [5.74, 6) is -1.76. The fourth-order valence-electron chi connectivity index (χ4n) is 1.43. The zero-order valence-corrected chi connectivity index (χ0v) is 9.61. The molecule has 3 N–H and O–H groups in total. The molecule has 0 radical (unpaired) electrons. The van der Waals surface area contributed by atoms with Crippen molar-refractivity contribution in [1.82, 2.24) is 0 Å². The minimum atomic E-state index is -1.18. The van der Waals surface area contributed by atoms with Crippen molar-refractivity contribution in [2.45, 2.75) is 25.9 Å². The van der Waals surface area contributed by atoms with Gasteiger partial charge in [0.2, 0.25) is 0 Å². The first kappa shape index (κ1) is 13.4. The number of nitrogens with one attached hydrogen (secondary N) is 1. The van der Waals surface area contributed by atoms with E-state index in [1.54, 1.807) is 0 Å². The molecule has 1 aromatic rings. The molecule has 0 fully saturated rings. The van der Waals surface area contributed by atoms with Crippen LogP contribution in [0.4, 0.5) is 10.1 Å². The van der Waals surface area contributed by atoms with Gasteiger partial charge in [-0.25, -0.2) is 9.18 Å². The van der Waals surface area contributed by atoms with Crippen molar-refractivity contribution in [2.75, 3.05) is 11.9 Å². The van der Waals surface area contributed by atoms with Gasteiger partial charge in [0.25, 0.3) is 0 Å². The zero-order valence-electron chi connectivity index (χ0n) is 9.61. The number of aliphatic hydroxyl groups is 1. The molecule has 0 saturated carbocycles. The first-order chi connectivity index (χ1) is 8.04. The fraction of sp³-hybridized carbons (Fsp3) is 0.417. The Hall–Kier alpha value is -1.62. The summed E-state index contributed by atoms with van der Waals surface area (Å²) in [6.07, 6.45) is 0.764. The third-order valence-electron chi connectivity index (χ3n) is 2.48. The molecule has 0 spiro atoms. The van der Waals surface area contributed by atoms with Crippen molar-refractivity contribution in [2.24, 2.45) is 0 Å². The number of anilines is 1. The van der Waals surface area contributed by atoms with Gasteiger partial charge in [0, 0.05) is 12.2 Å². The zero-order chi connectivity index (χ0) is 12.8. The van der Waals surface area contributed by atoms with Crippen molar-refractivity contribution >= 4 is 11.7 Å². The van der Waals surface area contributed by atoms with E-state index in [1.165, 1.54) is 12.1 Å². The van der Waals surface area contributed by atoms with E-state index in [4.69, 9.17) is 5.11 Å². The van der Waals surface area contributed by atoms with Gasteiger partial charge in [0.05, 0.1) is 11.7 Å². The Balaban J connectivity index is 2.67. The number of benzene rings is 1. The maximum absolute atomic E-state index is 12.9. The van der Waals surface area contributed by atoms with E-state index in [0.717, 1.165) is 6.07 Å². The van der Waals surface area contributed by atoms with Gasteiger partial charge < -0.3 is 15.5 Å². The topological polar surface area (TPSA) is 69.6 Å². The molecule has 0 aliphatic rings. The number of carboxylic acids is 1. The van der Waals surface area contributed by atoms with Crippen LogP contribution in [0.3, 0.4) is 0 Å². The highest BCUT2D eigenvalue weighted by Gasteiger charge is 2.11. The molecule has 1 aromatic carbocycles. The van der Waals surface area contributed by atoms with Crippen LogP contribution in [0.15, 0.2) is 18.2 Å². The second-order valence-electron chi connectivity index (χ2n) is 3.77. The molecule has 0 amide bonds. The third kappa shape index (κ3) is 4.03. The summed E-state index contributed by atoms with van der Waals surface area (Å²) in [4.78, 5) is 10.9. The molecular weight excluding hydrogens is 225 g/mol. The summed E-state index contributed by atoms with van der Waals surface area (Å²) in [5, 5.41) is 21.1. The molecule has 17 heavy (non-hydrogen) atoms. The van der Waals surface area contributed by atoms with Gasteiger partial charge in [-0.2, -0.15) is 0 Å². The van der Waals surface area contributed by atoms with E-state index < -0.39 is 17.9 Å². The van der Waals surface area contributed by atoms with Crippen LogP contribution >= 0.6 is 0 Å². The Morgan fingerprint density at radius 3 is 2.82 bits per heavy atom. The number of carboxylic acid groups (broad SMARTS) is 1. The second-order valence-corrected chi connectivity index (χ2v) is 3.77. The Kier molecular flexibility index (Phi) is 4.90. The standard InChI is InChI=1S/C12H16FNO3/c1-2-9(15)5-6-14-11-4-3-8(13)7-10(11)12(16)17/h3-4,7,9,14-15H,2,5-6H2,1H3,(H,16,17). The predicted octanol–water partition coefficient (Wildman–Crippen LogP) is 2.10. The molecule has 94 valence electrons. The normalized spacial score (nSPS) is 12.2. The van der Waals surface area contributed by atoms with Crippen molar-refractivity contribution in [1.29, 1.82) is 0 Å². The quantitative estimate of drug-likeness (QED) is 0.713. The Labute approximate surface area is 99.1 Å². The molecule has 5 heteroatoms. The number of hydrogen-bond acceptors (Lipinski definition) is 3. The molecule has 0 bridgehead atoms. The van der Waals surface area contributed by atoms with Crippen LogP contribution in [0.25, 0.3) is 0 Å². The Bertz CT molecular complexity index is 395. The van der Waals surface area contributed by atoms with Crippen molar-refractivity contribution in [3.63, 3.8) is 0 Å². The molecule has 1 atom stereocenters. The number of halogens is 1. The molecule has 0 aliphatic heterocycles. The maximum atomic E-state index is 12.9. The lowest BCUT2D eigenvalue weighted by Crippen LogP contribution is -2.14. The first-order valence-corrected chi connectivity index (χ1v) is 5.49. The number of aromatic carboxylic acids is 1. The molecule has 0 aromatic heterocycles. The van der Waals surface area contributed by atoms with Gasteiger partial charge in [-0.1, -0.05) is 6.92 Å². The van der Waals surface area contributed by atoms with Crippen molar-refractivity contribution in [3.05, 3.63) is 29.6 Å². The lowest BCUT2D eigenvalue weighted by molar-refractivity contribution is 0.0697. The van der Waals surface area contributed by atoms with E-state index in [9.17, 15) is 14.3 Å². The summed E-state index contributed by atoms with van der Waals surface area (Å²) in [5.41, 5.74) is 0.262. The van der Waals surface area contributed by atoms with Gasteiger partial charge in [0.1, 0.15) is 5.82 Å². The van der Waals surface area contributed by atoms with Crippen molar-refractivity contribution in [3.8, 4) is 0 Å². The average molecular weight is 241 g/mol. The predicted molar refractivity (Wildman–Crippen MR) is 62.8 cm³/mol. The summed E-state index contributed by atoms with van der Waals surface area (Å²) in [7, 11) is 0. The average Bonchev–Trinajstić information content (AvgIpc) is 2.30. The van der Waals surface area contributed by atoms with Gasteiger partial charge in [0.15, 0.2) is 0 Å². The van der Waals surface area contributed by atoms with Gasteiger partial charge in [-0.15, -0.1) is 0 Å². The first-order valence-electron chi connectivity index (χ1n) is 5.49. The fourth-order valence-corrected chi connectivity index (χ4v) is 1.43. The van der Waals surface area contributed by atoms with Crippen LogP contribution in [0.5, 0.6) is 0 Å². The maximum Gasteiger partial charge on any atom is 0.337 e. The molecule has 1 unspecified atom stereocenters. The monoisotopic (exact) mass is 241 g/mol. The SMILES string of the molecule is CCC(O)CCNc1ccc(F)cc1C(=O)O. The van der Waals surface area contributed by atoms with Crippen LogP contribution in [-0.4, -0.2) is 28.8 Å². The Morgan fingerprint density at radius 1 is 1.53 bits per heavy atom. The number of carbonyl (C=O) groups is 1. The Morgan fingerprint density at radius 2 is 2.24 bits per heavy atom. The van der Waals surface area contributed by atoms with E-state index in [0.29, 0.717) is 25.1 Å². The lowest BCUT2D eigenvalue weighted by Gasteiger charge is -2.11. The van der Waals surface area contributed by atoms with Crippen molar-refractivity contribution < 1.29 is 19.4 Å². The molecule has 0 saturated heterocycles. The van der Waals surface area contributed by atoms with E-state index in [1.807, 2.05) is 6.92 Å². The largest absolute Gasteiger partial charge is 0.478 e. The number of rotatable bonds is 6. The highest BCUT2D eigenvalue weighted by atomic mass is 19.1. The summed E-state index contributed by atoms with van der Waals surface area (Å²) >= 11 is 0. The third-order valence-corrected chi connectivity index (χ3v) is 2.48. The van der Waals surface area contributed by atoms with Crippen LogP contribution in [0.1, 0.15) is 30.1 Å². The van der Waals surface area contributed by atoms with Crippen LogP contribution in [0.2, 0.25) is 0 Å². The molecule has 0 heterocycles. The van der Waals surface area contributed by atoms with Crippen LogP contribution in [0, 0.1) is 5.82 Å². The minimum Gasteiger partial charge on any atom is -0.478 e. The highest BCUT2D eigenvalue weighted by Crippen LogP contribution is 2.17. The molecule has 4 nitrogen and oxygen atoms in total. The van der Waals surface area contributed by atoms with E-state index in [2.05, 4.69) is 5.32 Å². The van der Waals surface area contributed by atoms with Crippen LogP contribution < -0.4 is 5.32 Å². The summed E-state index contributed by atoms with van der Waals surface area (Å²) in [6, 6.07) is 3.56. The van der Waals surface area contributed by atoms with E-state index >= 15 is 0 Å². The molecule has 0 aliphatic carbocycles. The second kappa shape index (κ2) is 6.20. The minimum absolute atomic E-state index is 0.101. The van der Waals surface area contributed by atoms with Crippen LogP contribution in [-0.2, 0) is 0 Å². The summed E-state index contributed by atoms with van der Waals surface area (Å²) < 4.78 is 12.9. The number of hydrogen-bond donors (Lipinski definition) is 3. The van der Waals surface area contributed by atoms with Gasteiger partial charge >= 0.3 is 5.97 Å².